The number of anilines is 1. The fraction of sp³-hybridized carbons (Fsp3) is 0.308. The Morgan fingerprint density at radius 3 is 2.38 bits per heavy atom. The molecule has 1 unspecified atom stereocenters. The predicted molar refractivity (Wildman–Crippen MR) is 146 cm³/mol. The third-order valence-corrected chi connectivity index (χ3v) is 9.83. The number of alkyl halides is 3. The average molecular weight is 624 g/mol. The molecule has 0 aliphatic carbocycles. The number of carbonyl (C=O) groups is 2. The molecular formula is C26H24F3N5O6S2. The van der Waals surface area contributed by atoms with Crippen molar-refractivity contribution in [3.8, 4) is 12.1 Å². The number of halogens is 3. The van der Waals surface area contributed by atoms with E-state index >= 15 is 0 Å². The molecule has 0 aromatic heterocycles. The summed E-state index contributed by atoms with van der Waals surface area (Å²) in [5.74, 6) is -0.226. The van der Waals surface area contributed by atoms with Crippen molar-refractivity contribution in [3.05, 3.63) is 70.4 Å². The highest BCUT2D eigenvalue weighted by atomic mass is 32.3. The Bertz CT molecular complexity index is 1690. The van der Waals surface area contributed by atoms with Crippen LogP contribution in [-0.2, 0) is 16.0 Å². The smallest absolute Gasteiger partial charge is 0.333 e. The van der Waals surface area contributed by atoms with Gasteiger partial charge in [-0.2, -0.15) is 34.3 Å². The second-order valence-electron chi connectivity index (χ2n) is 9.79. The first-order valence-corrected chi connectivity index (χ1v) is 16.0. The van der Waals surface area contributed by atoms with E-state index in [0.717, 1.165) is 29.4 Å². The third-order valence-electron chi connectivity index (χ3n) is 6.85. The molecule has 16 heteroatoms. The highest BCUT2D eigenvalue weighted by Crippen LogP contribution is 2.46. The van der Waals surface area contributed by atoms with Gasteiger partial charge in [-0.25, -0.2) is 22.9 Å². The van der Waals surface area contributed by atoms with E-state index < -0.39 is 61.2 Å². The zero-order chi connectivity index (χ0) is 31.2. The molecule has 42 heavy (non-hydrogen) atoms. The van der Waals surface area contributed by atoms with E-state index in [1.165, 1.54) is 25.1 Å². The Labute approximate surface area is 240 Å². The highest BCUT2D eigenvalue weighted by molar-refractivity contribution is 8.24. The number of nitrogens with one attached hydrogen (secondary N) is 1. The zero-order valence-electron chi connectivity index (χ0n) is 22.1. The van der Waals surface area contributed by atoms with Gasteiger partial charge in [-0.15, -0.1) is 0 Å². The van der Waals surface area contributed by atoms with Gasteiger partial charge in [0.15, 0.2) is 9.84 Å². The van der Waals surface area contributed by atoms with Crippen LogP contribution in [0.5, 0.6) is 0 Å². The zero-order valence-corrected chi connectivity index (χ0v) is 23.7. The molecule has 1 fully saturated rings. The predicted octanol–water partition coefficient (Wildman–Crippen LogP) is 4.99. The second kappa shape index (κ2) is 11.0. The van der Waals surface area contributed by atoms with Crippen LogP contribution < -0.4 is 10.2 Å². The fourth-order valence-corrected chi connectivity index (χ4v) is 7.58. The number of imide groups is 1. The summed E-state index contributed by atoms with van der Waals surface area (Å²) >= 11 is 0. The van der Waals surface area contributed by atoms with Crippen LogP contribution >= 0.6 is 10.6 Å². The number of amides is 4. The molecule has 3 N–H and O–H groups in total. The summed E-state index contributed by atoms with van der Waals surface area (Å²) in [7, 11) is -7.10. The van der Waals surface area contributed by atoms with E-state index in [-0.39, 0.29) is 46.0 Å². The standard InChI is InChI=1S/C26H24F3N5O6S2/c1-15-21(13-31)23(20-7-6-16(12-30)10-22(20)41(2,37)38)34(24(35)32-18-8-9-42(39,40)14-18)25(36)33(15)19-5-3-4-17(11-19)26(27,28)29/h3-7,10-11,18,23,39-40H,8-9,14H2,1-2H3,(H,32,35)/t18?,23-/m1/s1. The lowest BCUT2D eigenvalue weighted by Gasteiger charge is -2.41. The van der Waals surface area contributed by atoms with Gasteiger partial charge in [-0.05, 0) is 49.2 Å². The summed E-state index contributed by atoms with van der Waals surface area (Å²) in [6.07, 6.45) is -3.80. The Hall–Kier alpha value is -4.09. The lowest BCUT2D eigenvalue weighted by molar-refractivity contribution is -0.137. The molecule has 1 saturated heterocycles. The first kappa shape index (κ1) is 30.9. The summed E-state index contributed by atoms with van der Waals surface area (Å²) in [5.41, 5.74) is -2.15. The van der Waals surface area contributed by atoms with Crippen LogP contribution in [0.3, 0.4) is 0 Å². The quantitative estimate of drug-likeness (QED) is 0.427. The van der Waals surface area contributed by atoms with Crippen molar-refractivity contribution in [2.24, 2.45) is 0 Å². The van der Waals surface area contributed by atoms with E-state index in [1.54, 1.807) is 6.07 Å². The van der Waals surface area contributed by atoms with Crippen LogP contribution in [0.4, 0.5) is 28.4 Å². The molecule has 11 nitrogen and oxygen atoms in total. The summed E-state index contributed by atoms with van der Waals surface area (Å²) in [6, 6.07) is 6.00. The van der Waals surface area contributed by atoms with Crippen molar-refractivity contribution in [2.45, 2.75) is 36.5 Å². The van der Waals surface area contributed by atoms with Crippen LogP contribution in [0.15, 0.2) is 58.6 Å². The molecule has 2 heterocycles. The molecular weight excluding hydrogens is 599 g/mol. The monoisotopic (exact) mass is 623 g/mol. The van der Waals surface area contributed by atoms with Crippen molar-refractivity contribution < 1.29 is 40.3 Å². The minimum atomic E-state index is -4.77. The van der Waals surface area contributed by atoms with Gasteiger partial charge in [-0.1, -0.05) is 12.1 Å². The third kappa shape index (κ3) is 5.93. The van der Waals surface area contributed by atoms with Gasteiger partial charge in [0.25, 0.3) is 0 Å². The Kier molecular flexibility index (Phi) is 8.05. The summed E-state index contributed by atoms with van der Waals surface area (Å²) in [6.45, 7) is 1.27. The number of carbonyl (C=O) groups excluding carboxylic acids is 2. The van der Waals surface area contributed by atoms with Crippen molar-refractivity contribution in [3.63, 3.8) is 0 Å². The Balaban J connectivity index is 1.95. The summed E-state index contributed by atoms with van der Waals surface area (Å²) in [5, 5.41) is 22.1. The number of benzene rings is 2. The van der Waals surface area contributed by atoms with Crippen molar-refractivity contribution in [1.82, 2.24) is 10.2 Å². The molecule has 222 valence electrons. The Morgan fingerprint density at radius 1 is 1.14 bits per heavy atom. The molecule has 2 aromatic carbocycles. The lowest BCUT2D eigenvalue weighted by Crippen LogP contribution is -2.56. The van der Waals surface area contributed by atoms with E-state index in [2.05, 4.69) is 5.32 Å². The molecule has 0 bridgehead atoms. The number of nitriles is 2. The maximum absolute atomic E-state index is 14.0. The van der Waals surface area contributed by atoms with Crippen LogP contribution in [0.25, 0.3) is 0 Å². The van der Waals surface area contributed by atoms with E-state index in [9.17, 15) is 50.8 Å². The minimum Gasteiger partial charge on any atom is -0.333 e. The molecule has 0 saturated carbocycles. The SMILES string of the molecule is CC1=C(C#N)[C@@H](c2ccc(C#N)cc2S(C)(=O)=O)N(C(=O)NC2CCS(O)(O)C2)C(=O)N1c1cccc(C(F)(F)F)c1. The summed E-state index contributed by atoms with van der Waals surface area (Å²) in [4.78, 5) is 28.6. The number of urea groups is 2. The molecule has 0 spiro atoms. The normalized spacial score (nSPS) is 21.5. The number of hydrogen-bond acceptors (Lipinski definition) is 8. The minimum absolute atomic E-state index is 0.0119. The summed E-state index contributed by atoms with van der Waals surface area (Å²) < 4.78 is 86.1. The van der Waals surface area contributed by atoms with Crippen molar-refractivity contribution >= 4 is 38.2 Å². The number of sulfone groups is 1. The van der Waals surface area contributed by atoms with E-state index in [0.29, 0.717) is 11.0 Å². The van der Waals surface area contributed by atoms with Crippen LogP contribution in [-0.4, -0.2) is 58.3 Å². The molecule has 4 rings (SSSR count). The highest BCUT2D eigenvalue weighted by Gasteiger charge is 2.46. The van der Waals surface area contributed by atoms with Gasteiger partial charge in [0.2, 0.25) is 0 Å². The molecule has 4 amide bonds. The molecule has 2 aromatic rings. The maximum atomic E-state index is 14.0. The van der Waals surface area contributed by atoms with Crippen LogP contribution in [0, 0.1) is 22.7 Å². The van der Waals surface area contributed by atoms with Crippen molar-refractivity contribution in [1.29, 1.82) is 10.5 Å². The number of allylic oxidation sites excluding steroid dienone is 1. The molecule has 2 aliphatic heterocycles. The first-order chi connectivity index (χ1) is 19.5. The van der Waals surface area contributed by atoms with E-state index in [1.807, 2.05) is 6.07 Å². The van der Waals surface area contributed by atoms with Gasteiger partial charge in [0.1, 0.15) is 6.04 Å². The second-order valence-corrected chi connectivity index (χ2v) is 14.1. The molecule has 2 atom stereocenters. The number of rotatable bonds is 4. The molecule has 2 aliphatic rings. The first-order valence-electron chi connectivity index (χ1n) is 12.2. The topological polar surface area (TPSA) is 175 Å². The van der Waals surface area contributed by atoms with Crippen molar-refractivity contribution in [2.75, 3.05) is 22.7 Å². The Morgan fingerprint density at radius 2 is 1.83 bits per heavy atom. The van der Waals surface area contributed by atoms with Gasteiger partial charge in [0, 0.05) is 23.7 Å². The average Bonchev–Trinajstić information content (AvgIpc) is 3.24. The maximum Gasteiger partial charge on any atom is 0.416 e. The number of hydrogen-bond donors (Lipinski definition) is 3. The van der Waals surface area contributed by atoms with E-state index in [4.69, 9.17) is 0 Å². The van der Waals surface area contributed by atoms with Crippen LogP contribution in [0.1, 0.15) is 36.1 Å². The van der Waals surface area contributed by atoms with Gasteiger partial charge in [-0.3, -0.25) is 14.0 Å². The van der Waals surface area contributed by atoms with Gasteiger partial charge in [0.05, 0.1) is 45.2 Å². The number of nitrogens with zero attached hydrogens (tertiary/aromatic N) is 4. The van der Waals surface area contributed by atoms with Gasteiger partial charge < -0.3 is 5.32 Å². The lowest BCUT2D eigenvalue weighted by atomic mass is 9.93. The van der Waals surface area contributed by atoms with Gasteiger partial charge >= 0.3 is 18.2 Å². The fourth-order valence-electron chi connectivity index (χ4n) is 4.90. The largest absolute Gasteiger partial charge is 0.416 e. The van der Waals surface area contributed by atoms with Crippen LogP contribution in [0.2, 0.25) is 0 Å². The molecule has 0 radical (unpaired) electrons.